The molecule has 0 amide bonds. The molecule has 0 bridgehead atoms. The van der Waals surface area contributed by atoms with Gasteiger partial charge in [0, 0.05) is 12.5 Å². The molecule has 0 aliphatic heterocycles. The maximum absolute atomic E-state index is 12.2. The summed E-state index contributed by atoms with van der Waals surface area (Å²) >= 11 is 0. The molecule has 35 heavy (non-hydrogen) atoms. The Morgan fingerprint density at radius 1 is 0.943 bits per heavy atom. The molecule has 1 aromatic rings. The van der Waals surface area contributed by atoms with Gasteiger partial charge >= 0.3 is 24.4 Å². The van der Waals surface area contributed by atoms with Crippen molar-refractivity contribution in [2.24, 2.45) is 0 Å². The zero-order valence-electron chi connectivity index (χ0n) is 20.6. The Balaban J connectivity index is 3.37. The van der Waals surface area contributed by atoms with Crippen molar-refractivity contribution in [3.05, 3.63) is 23.8 Å². The van der Waals surface area contributed by atoms with E-state index in [0.717, 1.165) is 7.11 Å². The molecule has 0 saturated heterocycles. The van der Waals surface area contributed by atoms with Crippen LogP contribution in [0.25, 0.3) is 0 Å². The summed E-state index contributed by atoms with van der Waals surface area (Å²) in [5, 5.41) is 12.7. The number of ether oxygens (including phenoxy) is 6. The van der Waals surface area contributed by atoms with Gasteiger partial charge in [-0.15, -0.1) is 0 Å². The summed E-state index contributed by atoms with van der Waals surface area (Å²) in [4.78, 5) is 48.1. The van der Waals surface area contributed by atoms with Gasteiger partial charge in [0.05, 0.1) is 20.3 Å². The average Bonchev–Trinajstić information content (AvgIpc) is 2.82. The van der Waals surface area contributed by atoms with Crippen molar-refractivity contribution in [2.75, 3.05) is 20.3 Å². The zero-order chi connectivity index (χ0) is 26.4. The molecular formula is C23H33NO11. The number of hydrogen-bond donors (Lipinski definition) is 2. The lowest BCUT2D eigenvalue weighted by atomic mass is 10.00. The van der Waals surface area contributed by atoms with Crippen molar-refractivity contribution in [3.8, 4) is 11.5 Å². The second kappa shape index (κ2) is 14.7. The number of methoxy groups -OCH3 is 1. The molecule has 1 rings (SSSR count). The Kier molecular flexibility index (Phi) is 12.4. The van der Waals surface area contributed by atoms with Gasteiger partial charge in [-0.25, -0.2) is 19.2 Å². The number of benzene rings is 1. The molecule has 0 fully saturated rings. The van der Waals surface area contributed by atoms with Crippen LogP contribution in [0.5, 0.6) is 11.5 Å². The number of carboxylic acid groups (broad SMARTS) is 1. The fourth-order valence-corrected chi connectivity index (χ4v) is 2.70. The Hall–Kier alpha value is -3.54. The van der Waals surface area contributed by atoms with Gasteiger partial charge in [-0.1, -0.05) is 26.8 Å². The second-order valence-corrected chi connectivity index (χ2v) is 7.50. The van der Waals surface area contributed by atoms with Crippen LogP contribution in [0, 0.1) is 0 Å². The van der Waals surface area contributed by atoms with Crippen molar-refractivity contribution >= 4 is 24.4 Å². The third kappa shape index (κ3) is 9.69. The van der Waals surface area contributed by atoms with E-state index in [1.807, 2.05) is 6.92 Å². The highest BCUT2D eigenvalue weighted by molar-refractivity contribution is 5.80. The van der Waals surface area contributed by atoms with Gasteiger partial charge in [0.2, 0.25) is 0 Å². The fraction of sp³-hybridized carbons (Fsp3) is 0.565. The molecule has 0 aliphatic carbocycles. The Bertz CT molecular complexity index is 873. The first kappa shape index (κ1) is 29.5. The smallest absolute Gasteiger partial charge is 0.477 e. The number of carbonyl (C=O) groups is 4. The van der Waals surface area contributed by atoms with E-state index in [2.05, 4.69) is 10.1 Å². The third-order valence-electron chi connectivity index (χ3n) is 4.56. The molecule has 1 unspecified atom stereocenters. The van der Waals surface area contributed by atoms with Gasteiger partial charge in [-0.05, 0) is 43.9 Å². The molecule has 0 aromatic heterocycles. The average molecular weight is 500 g/mol. The van der Waals surface area contributed by atoms with Crippen LogP contribution in [0.1, 0.15) is 52.5 Å². The summed E-state index contributed by atoms with van der Waals surface area (Å²) < 4.78 is 29.7. The molecule has 2 atom stereocenters. The Morgan fingerprint density at radius 3 is 2.00 bits per heavy atom. The van der Waals surface area contributed by atoms with Gasteiger partial charge in [0.25, 0.3) is 5.72 Å². The second-order valence-electron chi connectivity index (χ2n) is 7.50. The van der Waals surface area contributed by atoms with Crippen molar-refractivity contribution < 1.29 is 52.7 Å². The van der Waals surface area contributed by atoms with Gasteiger partial charge in [0.15, 0.2) is 11.5 Å². The van der Waals surface area contributed by atoms with E-state index in [9.17, 15) is 24.3 Å². The number of aliphatic carboxylic acids is 1. The number of hydrogen-bond acceptors (Lipinski definition) is 11. The summed E-state index contributed by atoms with van der Waals surface area (Å²) in [6.45, 7) is 7.36. The van der Waals surface area contributed by atoms with Crippen LogP contribution in [0.3, 0.4) is 0 Å². The van der Waals surface area contributed by atoms with E-state index in [1.165, 1.54) is 18.2 Å². The lowest BCUT2D eigenvalue weighted by molar-refractivity contribution is -0.166. The molecule has 0 aliphatic rings. The summed E-state index contributed by atoms with van der Waals surface area (Å²) in [5.41, 5.74) is -1.94. The highest BCUT2D eigenvalue weighted by Crippen LogP contribution is 2.31. The fourth-order valence-electron chi connectivity index (χ4n) is 2.70. The van der Waals surface area contributed by atoms with Crippen molar-refractivity contribution in [1.29, 1.82) is 0 Å². The van der Waals surface area contributed by atoms with E-state index < -0.39 is 30.2 Å². The van der Waals surface area contributed by atoms with Crippen LogP contribution in [0.2, 0.25) is 0 Å². The number of carboxylic acids is 1. The largest absolute Gasteiger partial charge is 0.513 e. The minimum atomic E-state index is -2.20. The van der Waals surface area contributed by atoms with E-state index in [1.54, 1.807) is 20.8 Å². The van der Waals surface area contributed by atoms with Crippen LogP contribution in [0.4, 0.5) is 14.4 Å². The molecule has 12 heteroatoms. The molecule has 0 heterocycles. The van der Waals surface area contributed by atoms with Crippen LogP contribution in [0.15, 0.2) is 18.2 Å². The van der Waals surface area contributed by atoms with Crippen molar-refractivity contribution in [1.82, 2.24) is 5.32 Å². The number of carbonyl (C=O) groups excluding carboxylic acids is 3. The molecule has 0 saturated carbocycles. The molecule has 2 N–H and O–H groups in total. The maximum Gasteiger partial charge on any atom is 0.513 e. The predicted octanol–water partition coefficient (Wildman–Crippen LogP) is 4.03. The first-order chi connectivity index (χ1) is 16.6. The van der Waals surface area contributed by atoms with Crippen LogP contribution in [-0.2, 0) is 30.2 Å². The number of nitrogens with one attached hydrogen (secondary N) is 1. The molecule has 0 spiro atoms. The standard InChI is InChI=1S/C23H33NO11/c1-6-11-31-21(28)33-17-10-9-16(13-18(17)34-22(29)32-12-7-2)14-23(19(25)26,24-15(4)8-3)35-20(27)30-5/h9-10,13,15,24H,6-8,11-12,14H2,1-5H3,(H,25,26)/t15?,23-/m0/s1. The topological polar surface area (TPSA) is 156 Å². The SMILES string of the molecule is CCCOC(=O)Oc1ccc(C[C@](NC(C)CC)(OC(=O)OC)C(=O)O)cc1OC(=O)OCCC. The van der Waals surface area contributed by atoms with Gasteiger partial charge in [0.1, 0.15) is 0 Å². The van der Waals surface area contributed by atoms with E-state index in [0.29, 0.717) is 19.3 Å². The van der Waals surface area contributed by atoms with Gasteiger partial charge in [-0.2, -0.15) is 0 Å². The zero-order valence-corrected chi connectivity index (χ0v) is 20.6. The Morgan fingerprint density at radius 2 is 1.51 bits per heavy atom. The maximum atomic E-state index is 12.2. The van der Waals surface area contributed by atoms with Crippen molar-refractivity contribution in [2.45, 2.75) is 65.1 Å². The quantitative estimate of drug-likeness (QED) is 0.174. The van der Waals surface area contributed by atoms with E-state index in [4.69, 9.17) is 23.7 Å². The first-order valence-electron chi connectivity index (χ1n) is 11.2. The van der Waals surface area contributed by atoms with Crippen LogP contribution in [-0.4, -0.2) is 61.6 Å². The summed E-state index contributed by atoms with van der Waals surface area (Å²) in [6, 6.07) is 3.63. The monoisotopic (exact) mass is 499 g/mol. The van der Waals surface area contributed by atoms with Crippen molar-refractivity contribution in [3.63, 3.8) is 0 Å². The highest BCUT2D eigenvalue weighted by atomic mass is 16.8. The molecule has 12 nitrogen and oxygen atoms in total. The number of rotatable bonds is 13. The third-order valence-corrected chi connectivity index (χ3v) is 4.56. The minimum Gasteiger partial charge on any atom is -0.477 e. The van der Waals surface area contributed by atoms with Crippen LogP contribution >= 0.6 is 0 Å². The highest BCUT2D eigenvalue weighted by Gasteiger charge is 2.44. The summed E-state index contributed by atoms with van der Waals surface area (Å²) in [7, 11) is 1.05. The lowest BCUT2D eigenvalue weighted by Gasteiger charge is -2.32. The molecular weight excluding hydrogens is 466 g/mol. The minimum absolute atomic E-state index is 0.0984. The van der Waals surface area contributed by atoms with Crippen LogP contribution < -0.4 is 14.8 Å². The van der Waals surface area contributed by atoms with Gasteiger partial charge < -0.3 is 33.5 Å². The summed E-state index contributed by atoms with van der Waals surface area (Å²) in [5.74, 6) is -1.86. The Labute approximate surface area is 203 Å². The molecule has 0 radical (unpaired) electrons. The normalized spacial score (nSPS) is 13.1. The van der Waals surface area contributed by atoms with Gasteiger partial charge in [-0.3, -0.25) is 5.32 Å². The summed E-state index contributed by atoms with van der Waals surface area (Å²) in [6.07, 6.45) is -2.01. The van der Waals surface area contributed by atoms with E-state index >= 15 is 0 Å². The lowest BCUT2D eigenvalue weighted by Crippen LogP contribution is -2.59. The molecule has 196 valence electrons. The first-order valence-corrected chi connectivity index (χ1v) is 11.2. The predicted molar refractivity (Wildman–Crippen MR) is 121 cm³/mol. The molecule has 1 aromatic carbocycles. The van der Waals surface area contributed by atoms with E-state index in [-0.39, 0.29) is 42.7 Å².